The van der Waals surface area contributed by atoms with Gasteiger partial charge in [0.1, 0.15) is 22.8 Å². The SMILES string of the molecule is CONC(=O)CO/N=C(\C(=O)N[C@@H]1C(=O)N2C(C(=O)O)=C(SCCc3ccccn3)CS[C@H]12)c1csc(N)n1. The molecule has 3 amide bonds. The van der Waals surface area contributed by atoms with Crippen LogP contribution in [0.3, 0.4) is 0 Å². The highest BCUT2D eigenvalue weighted by Gasteiger charge is 2.54. The van der Waals surface area contributed by atoms with E-state index < -0.39 is 41.7 Å². The molecule has 0 aliphatic carbocycles. The highest BCUT2D eigenvalue weighted by Crippen LogP contribution is 2.43. The second kappa shape index (κ2) is 12.9. The third kappa shape index (κ3) is 6.67. The Morgan fingerprint density at radius 3 is 2.85 bits per heavy atom. The Labute approximate surface area is 234 Å². The Hall–Kier alpha value is -3.67. The number of nitrogens with two attached hydrogens (primary N) is 1. The minimum absolute atomic E-state index is 0.0831. The number of thiazole rings is 1. The summed E-state index contributed by atoms with van der Waals surface area (Å²) < 4.78 is 0. The third-order valence-corrected chi connectivity index (χ3v) is 8.56. The zero-order valence-corrected chi connectivity index (χ0v) is 22.8. The predicted molar refractivity (Wildman–Crippen MR) is 144 cm³/mol. The lowest BCUT2D eigenvalue weighted by Crippen LogP contribution is -2.71. The molecule has 0 spiro atoms. The molecule has 2 aromatic rings. The van der Waals surface area contributed by atoms with Crippen molar-refractivity contribution in [2.45, 2.75) is 17.8 Å². The van der Waals surface area contributed by atoms with Crippen LogP contribution in [0.4, 0.5) is 5.13 Å². The summed E-state index contributed by atoms with van der Waals surface area (Å²) in [5.74, 6) is -2.29. The summed E-state index contributed by atoms with van der Waals surface area (Å²) >= 11 is 3.77. The Morgan fingerprint density at radius 2 is 2.18 bits per heavy atom. The van der Waals surface area contributed by atoms with Gasteiger partial charge in [-0.25, -0.2) is 15.3 Å². The van der Waals surface area contributed by atoms with Crippen LogP contribution in [0.25, 0.3) is 0 Å². The van der Waals surface area contributed by atoms with Crippen LogP contribution in [0.15, 0.2) is 45.5 Å². The molecule has 1 saturated heterocycles. The van der Waals surface area contributed by atoms with Crippen LogP contribution >= 0.6 is 34.9 Å². The first-order chi connectivity index (χ1) is 18.8. The zero-order valence-electron chi connectivity index (χ0n) is 20.4. The number of nitrogen functional groups attached to an aromatic ring is 1. The maximum Gasteiger partial charge on any atom is 0.353 e. The van der Waals surface area contributed by atoms with E-state index in [9.17, 15) is 24.3 Å². The average Bonchev–Trinajstić information content (AvgIpc) is 3.35. The zero-order chi connectivity index (χ0) is 27.9. The molecule has 0 aromatic carbocycles. The van der Waals surface area contributed by atoms with E-state index in [0.717, 1.165) is 17.0 Å². The molecule has 1 fully saturated rings. The van der Waals surface area contributed by atoms with E-state index in [0.29, 0.717) is 22.8 Å². The molecule has 2 aliphatic heterocycles. The Kier molecular flexibility index (Phi) is 9.39. The first-order valence-corrected chi connectivity index (χ1v) is 14.2. The summed E-state index contributed by atoms with van der Waals surface area (Å²) in [6.07, 6.45) is 2.33. The predicted octanol–water partition coefficient (Wildman–Crippen LogP) is 0.191. The fourth-order valence-electron chi connectivity index (χ4n) is 3.64. The number of hydroxylamine groups is 1. The molecule has 0 bridgehead atoms. The third-order valence-electron chi connectivity index (χ3n) is 5.33. The van der Waals surface area contributed by atoms with Crippen molar-refractivity contribution in [3.63, 3.8) is 0 Å². The molecule has 0 saturated carbocycles. The molecule has 17 heteroatoms. The number of hydrogen-bond acceptors (Lipinski definition) is 13. The number of rotatable bonds is 12. The molecule has 4 heterocycles. The molecule has 0 unspecified atom stereocenters. The summed E-state index contributed by atoms with van der Waals surface area (Å²) in [7, 11) is 1.25. The first kappa shape index (κ1) is 28.3. The van der Waals surface area contributed by atoms with Crippen molar-refractivity contribution in [2.75, 3.05) is 31.0 Å². The largest absolute Gasteiger partial charge is 0.477 e. The van der Waals surface area contributed by atoms with Crippen molar-refractivity contribution in [3.8, 4) is 0 Å². The van der Waals surface area contributed by atoms with Crippen LogP contribution in [-0.4, -0.2) is 86.0 Å². The van der Waals surface area contributed by atoms with Crippen molar-refractivity contribution < 1.29 is 34.0 Å². The van der Waals surface area contributed by atoms with Crippen LogP contribution < -0.4 is 16.5 Å². The van der Waals surface area contributed by atoms with Gasteiger partial charge in [0.25, 0.3) is 17.7 Å². The number of oxime groups is 1. The standard InChI is InChI=1S/C22H23N7O7S3/c1-35-27-14(30)8-36-28-15(12-9-39-22(23)25-12)18(31)26-16-19(32)29-17(21(33)34)13(10-38-20(16)29)37-7-5-11-4-2-3-6-24-11/h2-4,6,9,16,20H,5,7-8,10H2,1H3,(H2,23,25)(H,26,31)(H,27,30)(H,33,34)/b28-15-/t16-,20-/m1/s1. The van der Waals surface area contributed by atoms with Crippen LogP contribution in [0.5, 0.6) is 0 Å². The fraction of sp³-hybridized carbons (Fsp3) is 0.318. The molecular formula is C22H23N7O7S3. The van der Waals surface area contributed by atoms with Crippen molar-refractivity contribution in [1.29, 1.82) is 0 Å². The number of carbonyl (C=O) groups excluding carboxylic acids is 3. The highest BCUT2D eigenvalue weighted by molar-refractivity contribution is 8.06. The number of hydrogen-bond donors (Lipinski definition) is 4. The van der Waals surface area contributed by atoms with Crippen molar-refractivity contribution in [2.24, 2.45) is 5.16 Å². The fourth-order valence-corrected chi connectivity index (χ4v) is 6.79. The molecule has 39 heavy (non-hydrogen) atoms. The van der Waals surface area contributed by atoms with E-state index in [1.54, 1.807) is 6.20 Å². The number of carboxylic acids is 1. The number of thioether (sulfide) groups is 2. The number of pyridine rings is 1. The second-order valence-corrected chi connectivity index (χ2v) is 11.1. The van der Waals surface area contributed by atoms with E-state index >= 15 is 0 Å². The number of β-lactam (4-membered cyclic amide) rings is 1. The maximum atomic E-state index is 13.1. The van der Waals surface area contributed by atoms with E-state index in [1.807, 2.05) is 23.7 Å². The maximum absolute atomic E-state index is 13.1. The van der Waals surface area contributed by atoms with Crippen LogP contribution in [0.2, 0.25) is 0 Å². The van der Waals surface area contributed by atoms with E-state index in [-0.39, 0.29) is 22.2 Å². The van der Waals surface area contributed by atoms with Crippen molar-refractivity contribution in [3.05, 3.63) is 51.8 Å². The number of nitrogens with zero attached hydrogens (tertiary/aromatic N) is 4. The van der Waals surface area contributed by atoms with Gasteiger partial charge in [-0.1, -0.05) is 11.2 Å². The Bertz CT molecular complexity index is 1320. The number of fused-ring (bicyclic) bond motifs is 1. The molecule has 14 nitrogen and oxygen atoms in total. The summed E-state index contributed by atoms with van der Waals surface area (Å²) in [6, 6.07) is 4.59. The van der Waals surface area contributed by atoms with E-state index in [1.165, 1.54) is 40.9 Å². The Balaban J connectivity index is 1.44. The van der Waals surface area contributed by atoms with Gasteiger partial charge in [0.2, 0.25) is 0 Å². The number of carbonyl (C=O) groups is 4. The highest BCUT2D eigenvalue weighted by atomic mass is 32.2. The van der Waals surface area contributed by atoms with Gasteiger partial charge in [-0.15, -0.1) is 34.9 Å². The number of aliphatic carboxylic acids is 1. The monoisotopic (exact) mass is 593 g/mol. The molecule has 2 atom stereocenters. The number of nitrogens with one attached hydrogen (secondary N) is 2. The van der Waals surface area contributed by atoms with Crippen LogP contribution in [-0.2, 0) is 35.3 Å². The lowest BCUT2D eigenvalue weighted by molar-refractivity contribution is -0.150. The van der Waals surface area contributed by atoms with Gasteiger partial charge < -0.3 is 21.0 Å². The number of anilines is 1. The molecule has 5 N–H and O–H groups in total. The summed E-state index contributed by atoms with van der Waals surface area (Å²) in [5, 5.41) is 17.2. The van der Waals surface area contributed by atoms with Crippen molar-refractivity contribution >= 4 is 69.4 Å². The van der Waals surface area contributed by atoms with Crippen molar-refractivity contribution in [1.82, 2.24) is 25.7 Å². The quantitative estimate of drug-likeness (QED) is 0.148. The van der Waals surface area contributed by atoms with Gasteiger partial charge in [-0.3, -0.25) is 29.1 Å². The normalized spacial score (nSPS) is 18.7. The minimum Gasteiger partial charge on any atom is -0.477 e. The summed E-state index contributed by atoms with van der Waals surface area (Å²) in [6.45, 7) is -0.549. The smallest absolute Gasteiger partial charge is 0.353 e. The summed E-state index contributed by atoms with van der Waals surface area (Å²) in [5.41, 5.74) is 8.29. The number of carboxylic acid groups (broad SMARTS) is 1. The molecule has 4 rings (SSSR count). The molecule has 2 aliphatic rings. The lowest BCUT2D eigenvalue weighted by atomic mass is 10.0. The van der Waals surface area contributed by atoms with Gasteiger partial charge >= 0.3 is 5.97 Å². The van der Waals surface area contributed by atoms with Gasteiger partial charge in [0.15, 0.2) is 17.5 Å². The second-order valence-electron chi connectivity index (χ2n) is 7.87. The minimum atomic E-state index is -1.22. The number of aryl methyl sites for hydroxylation is 1. The lowest BCUT2D eigenvalue weighted by Gasteiger charge is -2.49. The first-order valence-electron chi connectivity index (χ1n) is 11.3. The van der Waals surface area contributed by atoms with Gasteiger partial charge in [0, 0.05) is 33.7 Å². The number of amides is 3. The average molecular weight is 594 g/mol. The topological polar surface area (TPSA) is 198 Å². The molecule has 0 radical (unpaired) electrons. The molecular weight excluding hydrogens is 570 g/mol. The van der Waals surface area contributed by atoms with Crippen LogP contribution in [0, 0.1) is 0 Å². The van der Waals surface area contributed by atoms with E-state index in [2.05, 4.69) is 25.3 Å². The Morgan fingerprint density at radius 1 is 1.36 bits per heavy atom. The van der Waals surface area contributed by atoms with Gasteiger partial charge in [-0.2, -0.15) is 0 Å². The summed E-state index contributed by atoms with van der Waals surface area (Å²) in [4.78, 5) is 69.3. The molecule has 206 valence electrons. The van der Waals surface area contributed by atoms with Crippen LogP contribution in [0.1, 0.15) is 11.4 Å². The molecule has 2 aromatic heterocycles. The van der Waals surface area contributed by atoms with E-state index in [4.69, 9.17) is 10.6 Å². The number of aromatic nitrogens is 2. The van der Waals surface area contributed by atoms with Gasteiger partial charge in [-0.05, 0) is 18.6 Å². The van der Waals surface area contributed by atoms with Gasteiger partial charge in [0.05, 0.1) is 7.11 Å².